The predicted octanol–water partition coefficient (Wildman–Crippen LogP) is 10.2. The van der Waals surface area contributed by atoms with Gasteiger partial charge in [-0.2, -0.15) is 0 Å². The third-order valence-corrected chi connectivity index (χ3v) is 11.1. The number of aliphatic hydroxyl groups is 5. The van der Waals surface area contributed by atoms with Crippen molar-refractivity contribution in [2.24, 2.45) is 0 Å². The van der Waals surface area contributed by atoms with E-state index in [0.717, 1.165) is 51.4 Å². The first kappa shape index (κ1) is 54.2. The number of allylic oxidation sites excluding steroid dienone is 7. The van der Waals surface area contributed by atoms with Gasteiger partial charge in [0.05, 0.1) is 25.4 Å². The molecule has 0 radical (unpaired) electrons. The van der Waals surface area contributed by atoms with Crippen LogP contribution >= 0.6 is 0 Å². The van der Waals surface area contributed by atoms with E-state index in [1.54, 1.807) is 6.08 Å². The van der Waals surface area contributed by atoms with Crippen molar-refractivity contribution in [2.75, 3.05) is 13.2 Å². The van der Waals surface area contributed by atoms with E-state index in [1.165, 1.54) is 128 Å². The van der Waals surface area contributed by atoms with E-state index in [-0.39, 0.29) is 12.5 Å². The Bertz CT molecular complexity index is 1050. The Labute approximate surface area is 354 Å². The number of nitrogens with one attached hydrogen (secondary N) is 1. The Balaban J connectivity index is 2.16. The molecule has 0 aliphatic carbocycles. The molecule has 9 nitrogen and oxygen atoms in total. The molecule has 1 fully saturated rings. The lowest BCUT2D eigenvalue weighted by Crippen LogP contribution is -2.60. The molecule has 0 bridgehead atoms. The van der Waals surface area contributed by atoms with Gasteiger partial charge in [0.1, 0.15) is 24.4 Å². The van der Waals surface area contributed by atoms with Crippen LogP contribution in [0.2, 0.25) is 0 Å². The monoisotopic (exact) mass is 820 g/mol. The van der Waals surface area contributed by atoms with E-state index in [2.05, 4.69) is 55.6 Å². The highest BCUT2D eigenvalue weighted by Gasteiger charge is 2.44. The van der Waals surface area contributed by atoms with Crippen LogP contribution < -0.4 is 5.32 Å². The summed E-state index contributed by atoms with van der Waals surface area (Å²) >= 11 is 0. The van der Waals surface area contributed by atoms with Crippen LogP contribution in [-0.2, 0) is 14.3 Å². The first-order valence-corrected chi connectivity index (χ1v) is 23.9. The van der Waals surface area contributed by atoms with E-state index < -0.39 is 49.5 Å². The van der Waals surface area contributed by atoms with Gasteiger partial charge in [-0.1, -0.05) is 184 Å². The van der Waals surface area contributed by atoms with Crippen molar-refractivity contribution < 1.29 is 39.8 Å². The lowest BCUT2D eigenvalue weighted by molar-refractivity contribution is -0.302. The van der Waals surface area contributed by atoms with Crippen LogP contribution in [0.25, 0.3) is 0 Å². The first-order chi connectivity index (χ1) is 28.3. The predicted molar refractivity (Wildman–Crippen MR) is 239 cm³/mol. The van der Waals surface area contributed by atoms with Gasteiger partial charge < -0.3 is 40.3 Å². The van der Waals surface area contributed by atoms with Crippen LogP contribution in [0.5, 0.6) is 0 Å². The van der Waals surface area contributed by atoms with E-state index in [9.17, 15) is 30.3 Å². The molecule has 1 aliphatic rings. The zero-order valence-electron chi connectivity index (χ0n) is 37.0. The highest BCUT2D eigenvalue weighted by Crippen LogP contribution is 2.22. The van der Waals surface area contributed by atoms with Crippen LogP contribution in [0.4, 0.5) is 0 Å². The molecule has 1 rings (SSSR count). The summed E-state index contributed by atoms with van der Waals surface area (Å²) in [6.45, 7) is 3.66. The average Bonchev–Trinajstić information content (AvgIpc) is 3.22. The van der Waals surface area contributed by atoms with E-state index in [1.807, 2.05) is 6.08 Å². The second-order valence-corrected chi connectivity index (χ2v) is 16.5. The maximum Gasteiger partial charge on any atom is 0.220 e. The molecule has 1 heterocycles. The minimum absolute atomic E-state index is 0.191. The van der Waals surface area contributed by atoms with Crippen molar-refractivity contribution in [3.63, 3.8) is 0 Å². The fraction of sp³-hybridized carbons (Fsp3) is 0.816. The van der Waals surface area contributed by atoms with Crippen molar-refractivity contribution >= 4 is 5.91 Å². The number of amides is 1. The zero-order valence-corrected chi connectivity index (χ0v) is 37.0. The summed E-state index contributed by atoms with van der Waals surface area (Å²) in [4.78, 5) is 12.9. The number of ether oxygens (including phenoxy) is 2. The van der Waals surface area contributed by atoms with Gasteiger partial charge in [0.25, 0.3) is 0 Å². The SMILES string of the molecule is CCCC/C=C/CC/C=C/C(O)C(COC1OC(CO)C(O)C(O)C1O)NC(=O)CCCCCCCCCCCCCCCCC/C=C\C/C=C\CCCCCCC. The Morgan fingerprint density at radius 1 is 0.586 bits per heavy atom. The molecule has 58 heavy (non-hydrogen) atoms. The van der Waals surface area contributed by atoms with Gasteiger partial charge >= 0.3 is 0 Å². The second kappa shape index (κ2) is 39.3. The minimum Gasteiger partial charge on any atom is -0.394 e. The average molecular weight is 820 g/mol. The number of carbonyl (C=O) groups excluding carboxylic acids is 1. The van der Waals surface area contributed by atoms with Crippen molar-refractivity contribution in [1.82, 2.24) is 5.32 Å². The van der Waals surface area contributed by atoms with Gasteiger partial charge in [0.2, 0.25) is 5.91 Å². The maximum atomic E-state index is 12.9. The Morgan fingerprint density at radius 3 is 1.60 bits per heavy atom. The molecule has 1 aliphatic heterocycles. The number of hydrogen-bond acceptors (Lipinski definition) is 8. The number of rotatable bonds is 39. The van der Waals surface area contributed by atoms with Crippen molar-refractivity contribution in [3.8, 4) is 0 Å². The van der Waals surface area contributed by atoms with Gasteiger partial charge in [-0.3, -0.25) is 4.79 Å². The third-order valence-electron chi connectivity index (χ3n) is 11.1. The molecule has 6 N–H and O–H groups in total. The molecular weight excluding hydrogens is 731 g/mol. The first-order valence-electron chi connectivity index (χ1n) is 23.9. The number of carbonyl (C=O) groups is 1. The summed E-state index contributed by atoms with van der Waals surface area (Å²) in [5.41, 5.74) is 0. The highest BCUT2D eigenvalue weighted by molar-refractivity contribution is 5.76. The molecule has 0 spiro atoms. The topological polar surface area (TPSA) is 149 Å². The Morgan fingerprint density at radius 2 is 1.05 bits per heavy atom. The molecule has 0 saturated carbocycles. The van der Waals surface area contributed by atoms with Crippen LogP contribution in [0.3, 0.4) is 0 Å². The van der Waals surface area contributed by atoms with Gasteiger partial charge in [-0.15, -0.1) is 0 Å². The Hall–Kier alpha value is -1.85. The van der Waals surface area contributed by atoms with E-state index in [4.69, 9.17) is 9.47 Å². The maximum absolute atomic E-state index is 12.9. The van der Waals surface area contributed by atoms with Crippen molar-refractivity contribution in [3.05, 3.63) is 48.6 Å². The van der Waals surface area contributed by atoms with Crippen LogP contribution in [0, 0.1) is 0 Å². The van der Waals surface area contributed by atoms with Gasteiger partial charge in [-0.05, 0) is 57.8 Å². The quantitative estimate of drug-likeness (QED) is 0.0265. The number of aliphatic hydroxyl groups excluding tert-OH is 5. The molecular formula is C49H89NO8. The molecule has 1 amide bonds. The minimum atomic E-state index is -1.57. The number of unbranched alkanes of at least 4 members (excludes halogenated alkanes) is 23. The normalized spacial score (nSPS) is 21.3. The highest BCUT2D eigenvalue weighted by atomic mass is 16.7. The summed E-state index contributed by atoms with van der Waals surface area (Å²) in [5, 5.41) is 53.9. The fourth-order valence-electron chi connectivity index (χ4n) is 7.25. The molecule has 9 heteroatoms. The smallest absolute Gasteiger partial charge is 0.220 e. The van der Waals surface area contributed by atoms with Crippen molar-refractivity contribution in [1.29, 1.82) is 0 Å². The molecule has 0 aromatic rings. The zero-order chi connectivity index (χ0) is 42.3. The molecule has 1 saturated heterocycles. The molecule has 0 aromatic heterocycles. The summed E-state index contributed by atoms with van der Waals surface area (Å²) in [5.74, 6) is -0.191. The summed E-state index contributed by atoms with van der Waals surface area (Å²) in [6.07, 6.45) is 43.4. The largest absolute Gasteiger partial charge is 0.394 e. The van der Waals surface area contributed by atoms with Crippen LogP contribution in [0.15, 0.2) is 48.6 Å². The Kier molecular flexibility index (Phi) is 36.7. The van der Waals surface area contributed by atoms with Gasteiger partial charge in [0, 0.05) is 6.42 Å². The van der Waals surface area contributed by atoms with Crippen molar-refractivity contribution in [2.45, 2.75) is 243 Å². The summed E-state index contributed by atoms with van der Waals surface area (Å²) < 4.78 is 11.1. The molecule has 0 aromatic carbocycles. The lowest BCUT2D eigenvalue weighted by atomic mass is 9.99. The van der Waals surface area contributed by atoms with Crippen LogP contribution in [0.1, 0.15) is 200 Å². The second-order valence-electron chi connectivity index (χ2n) is 16.5. The summed E-state index contributed by atoms with van der Waals surface area (Å²) in [6, 6.07) is -0.819. The molecule has 7 atom stereocenters. The van der Waals surface area contributed by atoms with Gasteiger partial charge in [0.15, 0.2) is 6.29 Å². The van der Waals surface area contributed by atoms with E-state index in [0.29, 0.717) is 6.42 Å². The lowest BCUT2D eigenvalue weighted by Gasteiger charge is -2.40. The van der Waals surface area contributed by atoms with Crippen LogP contribution in [-0.4, -0.2) is 87.5 Å². The molecule has 7 unspecified atom stereocenters. The number of hydrogen-bond donors (Lipinski definition) is 6. The van der Waals surface area contributed by atoms with Gasteiger partial charge in [-0.25, -0.2) is 0 Å². The van der Waals surface area contributed by atoms with E-state index >= 15 is 0 Å². The standard InChI is InChI=1S/C49H89NO8/c1-3-5-7-9-11-13-14-15-16-17-18-19-20-21-22-23-24-25-26-27-28-29-30-31-33-35-37-39-45(53)50-42(43(52)38-36-34-32-12-10-8-6-4-2)41-57-49-48(56)47(55)46(54)44(40-51)58-49/h10,12,14-15,17-18,36,38,42-44,46-49,51-52,54-56H,3-9,11,13,16,19-35,37,39-41H2,1-2H3,(H,50,53)/b12-10+,15-14-,18-17-,38-36+. The molecule has 338 valence electrons. The fourth-order valence-corrected chi connectivity index (χ4v) is 7.25. The third kappa shape index (κ3) is 29.4. The summed E-state index contributed by atoms with van der Waals surface area (Å²) in [7, 11) is 0.